The molecule has 3 nitrogen and oxygen atoms in total. The quantitative estimate of drug-likeness (QED) is 0.705. The highest BCUT2D eigenvalue weighted by molar-refractivity contribution is 4.91. The maximum Gasteiger partial charge on any atom is 0.0593 e. The van der Waals surface area contributed by atoms with Gasteiger partial charge in [0.25, 0.3) is 0 Å². The van der Waals surface area contributed by atoms with Crippen molar-refractivity contribution in [3.05, 3.63) is 0 Å². The van der Waals surface area contributed by atoms with Gasteiger partial charge in [-0.2, -0.15) is 0 Å². The smallest absolute Gasteiger partial charge is 0.0593 e. The van der Waals surface area contributed by atoms with Gasteiger partial charge in [0, 0.05) is 25.2 Å². The minimum atomic E-state index is 0.0403. The second-order valence-electron chi connectivity index (χ2n) is 5.50. The normalized spacial score (nSPS) is 30.9. The van der Waals surface area contributed by atoms with Crippen LogP contribution in [0.15, 0.2) is 0 Å². The Balaban J connectivity index is 2.27. The summed E-state index contributed by atoms with van der Waals surface area (Å²) in [5.74, 6) is 0.791. The van der Waals surface area contributed by atoms with Crippen molar-refractivity contribution >= 4 is 0 Å². The van der Waals surface area contributed by atoms with Crippen molar-refractivity contribution in [1.82, 2.24) is 4.90 Å². The zero-order chi connectivity index (χ0) is 12.0. The molecule has 0 amide bonds. The van der Waals surface area contributed by atoms with Crippen LogP contribution in [0.2, 0.25) is 0 Å². The van der Waals surface area contributed by atoms with Crippen molar-refractivity contribution in [1.29, 1.82) is 0 Å². The maximum absolute atomic E-state index is 6.47. The van der Waals surface area contributed by atoms with Crippen LogP contribution in [0, 0.1) is 5.92 Å². The van der Waals surface area contributed by atoms with E-state index in [1.54, 1.807) is 0 Å². The van der Waals surface area contributed by atoms with Gasteiger partial charge in [0.15, 0.2) is 0 Å². The van der Waals surface area contributed by atoms with Gasteiger partial charge < -0.3 is 15.4 Å². The first kappa shape index (κ1) is 13.9. The van der Waals surface area contributed by atoms with E-state index in [-0.39, 0.29) is 5.54 Å². The van der Waals surface area contributed by atoms with E-state index in [0.29, 0.717) is 0 Å². The van der Waals surface area contributed by atoms with Crippen LogP contribution in [-0.4, -0.2) is 43.8 Å². The van der Waals surface area contributed by atoms with Crippen molar-refractivity contribution in [2.45, 2.75) is 45.1 Å². The average Bonchev–Trinajstić information content (AvgIpc) is 2.16. The van der Waals surface area contributed by atoms with Crippen LogP contribution in [0.1, 0.15) is 39.5 Å². The van der Waals surface area contributed by atoms with Crippen molar-refractivity contribution in [3.8, 4) is 0 Å². The summed E-state index contributed by atoms with van der Waals surface area (Å²) in [6, 6.07) is 0. The topological polar surface area (TPSA) is 38.5 Å². The summed E-state index contributed by atoms with van der Waals surface area (Å²) in [5, 5.41) is 0. The van der Waals surface area contributed by atoms with E-state index < -0.39 is 0 Å². The first-order valence-electron chi connectivity index (χ1n) is 6.61. The Morgan fingerprint density at radius 2 is 2.25 bits per heavy atom. The number of hydrogen-bond donors (Lipinski definition) is 1. The van der Waals surface area contributed by atoms with Crippen molar-refractivity contribution in [2.75, 3.05) is 33.4 Å². The summed E-state index contributed by atoms with van der Waals surface area (Å²) in [6.07, 6.45) is 4.99. The number of rotatable bonds is 6. The van der Waals surface area contributed by atoms with Crippen molar-refractivity contribution < 1.29 is 4.74 Å². The number of nitrogens with zero attached hydrogens (tertiary/aromatic N) is 1. The SMILES string of the molecule is CCOCCN(C)CC1(N)CCCC(C)C1. The molecule has 0 aromatic carbocycles. The third kappa shape index (κ3) is 4.81. The predicted octanol–water partition coefficient (Wildman–Crippen LogP) is 1.86. The second kappa shape index (κ2) is 6.58. The number of likely N-dealkylation sites (N-methyl/N-ethyl adjacent to an activating group) is 1. The highest BCUT2D eigenvalue weighted by Crippen LogP contribution is 2.30. The molecule has 1 aliphatic carbocycles. The summed E-state index contributed by atoms with van der Waals surface area (Å²) >= 11 is 0. The van der Waals surface area contributed by atoms with Gasteiger partial charge in [-0.05, 0) is 32.7 Å². The number of ether oxygens (including phenoxy) is 1. The molecular formula is C13H28N2O. The molecule has 3 heteroatoms. The van der Waals surface area contributed by atoms with Gasteiger partial charge >= 0.3 is 0 Å². The Morgan fingerprint density at radius 1 is 1.50 bits per heavy atom. The molecular weight excluding hydrogens is 200 g/mol. The standard InChI is InChI=1S/C13H28N2O/c1-4-16-9-8-15(3)11-13(14)7-5-6-12(2)10-13/h12H,4-11,14H2,1-3H3. The Morgan fingerprint density at radius 3 is 2.88 bits per heavy atom. The third-order valence-corrected chi connectivity index (χ3v) is 3.53. The summed E-state index contributed by atoms with van der Waals surface area (Å²) in [5.41, 5.74) is 6.51. The molecule has 2 N–H and O–H groups in total. The molecule has 1 aliphatic rings. The Kier molecular flexibility index (Phi) is 5.73. The van der Waals surface area contributed by atoms with Crippen LogP contribution in [0.25, 0.3) is 0 Å². The molecule has 0 aromatic rings. The third-order valence-electron chi connectivity index (χ3n) is 3.53. The van der Waals surface area contributed by atoms with Crippen molar-refractivity contribution in [2.24, 2.45) is 11.7 Å². The minimum Gasteiger partial charge on any atom is -0.380 e. The van der Waals surface area contributed by atoms with Crippen LogP contribution in [0.4, 0.5) is 0 Å². The molecule has 0 radical (unpaired) electrons. The highest BCUT2D eigenvalue weighted by Gasteiger charge is 2.31. The van der Waals surface area contributed by atoms with E-state index in [4.69, 9.17) is 10.5 Å². The molecule has 1 rings (SSSR count). The van der Waals surface area contributed by atoms with E-state index in [1.807, 2.05) is 6.92 Å². The Labute approximate surface area is 100 Å². The maximum atomic E-state index is 6.47. The van der Waals surface area contributed by atoms with E-state index in [1.165, 1.54) is 25.7 Å². The predicted molar refractivity (Wildman–Crippen MR) is 68.5 cm³/mol. The van der Waals surface area contributed by atoms with Crippen LogP contribution < -0.4 is 5.73 Å². The van der Waals surface area contributed by atoms with Crippen LogP contribution in [-0.2, 0) is 4.74 Å². The molecule has 1 saturated carbocycles. The fourth-order valence-corrected chi connectivity index (χ4v) is 2.83. The molecule has 0 heterocycles. The van der Waals surface area contributed by atoms with Gasteiger partial charge in [0.1, 0.15) is 0 Å². The van der Waals surface area contributed by atoms with Gasteiger partial charge in [-0.1, -0.05) is 19.8 Å². The summed E-state index contributed by atoms with van der Waals surface area (Å²) in [6.45, 7) is 7.97. The van der Waals surface area contributed by atoms with Crippen LogP contribution >= 0.6 is 0 Å². The Hall–Kier alpha value is -0.120. The molecule has 0 saturated heterocycles. The molecule has 0 aliphatic heterocycles. The molecule has 1 fully saturated rings. The van der Waals surface area contributed by atoms with E-state index in [9.17, 15) is 0 Å². The lowest BCUT2D eigenvalue weighted by Gasteiger charge is -2.39. The average molecular weight is 228 g/mol. The Bertz CT molecular complexity index is 198. The van der Waals surface area contributed by atoms with Gasteiger partial charge in [0.05, 0.1) is 6.61 Å². The molecule has 96 valence electrons. The largest absolute Gasteiger partial charge is 0.380 e. The molecule has 16 heavy (non-hydrogen) atoms. The van der Waals surface area contributed by atoms with Crippen LogP contribution in [0.3, 0.4) is 0 Å². The van der Waals surface area contributed by atoms with Gasteiger partial charge in [-0.15, -0.1) is 0 Å². The lowest BCUT2D eigenvalue weighted by atomic mass is 9.77. The summed E-state index contributed by atoms with van der Waals surface area (Å²) < 4.78 is 5.36. The zero-order valence-electron chi connectivity index (χ0n) is 11.2. The van der Waals surface area contributed by atoms with E-state index >= 15 is 0 Å². The molecule has 2 atom stereocenters. The fourth-order valence-electron chi connectivity index (χ4n) is 2.83. The van der Waals surface area contributed by atoms with Gasteiger partial charge in [-0.3, -0.25) is 0 Å². The van der Waals surface area contributed by atoms with E-state index in [0.717, 1.165) is 32.2 Å². The highest BCUT2D eigenvalue weighted by atomic mass is 16.5. The lowest BCUT2D eigenvalue weighted by Crippen LogP contribution is -2.52. The lowest BCUT2D eigenvalue weighted by molar-refractivity contribution is 0.103. The molecule has 0 spiro atoms. The molecule has 2 unspecified atom stereocenters. The number of hydrogen-bond acceptors (Lipinski definition) is 3. The van der Waals surface area contributed by atoms with Crippen LogP contribution in [0.5, 0.6) is 0 Å². The summed E-state index contributed by atoms with van der Waals surface area (Å²) in [7, 11) is 2.15. The number of nitrogens with two attached hydrogens (primary N) is 1. The first-order valence-corrected chi connectivity index (χ1v) is 6.61. The molecule has 0 bridgehead atoms. The minimum absolute atomic E-state index is 0.0403. The fraction of sp³-hybridized carbons (Fsp3) is 1.00. The zero-order valence-corrected chi connectivity index (χ0v) is 11.2. The second-order valence-corrected chi connectivity index (χ2v) is 5.50. The summed E-state index contributed by atoms with van der Waals surface area (Å²) in [4.78, 5) is 2.31. The first-order chi connectivity index (χ1) is 7.56. The van der Waals surface area contributed by atoms with E-state index in [2.05, 4.69) is 18.9 Å². The monoisotopic (exact) mass is 228 g/mol. The van der Waals surface area contributed by atoms with Crippen molar-refractivity contribution in [3.63, 3.8) is 0 Å². The van der Waals surface area contributed by atoms with Gasteiger partial charge in [0.2, 0.25) is 0 Å². The van der Waals surface area contributed by atoms with Gasteiger partial charge in [-0.25, -0.2) is 0 Å². The molecule has 0 aromatic heterocycles.